The van der Waals surface area contributed by atoms with Crippen molar-refractivity contribution in [3.05, 3.63) is 34.9 Å². The second-order valence-corrected chi connectivity index (χ2v) is 5.61. The number of rotatable bonds is 3. The molecule has 0 bridgehead atoms. The average molecular weight is 271 g/mol. The number of aryl methyl sites for hydroxylation is 1. The van der Waals surface area contributed by atoms with Gasteiger partial charge < -0.3 is 5.32 Å². The van der Waals surface area contributed by atoms with E-state index in [9.17, 15) is 13.2 Å². The lowest BCUT2D eigenvalue weighted by molar-refractivity contribution is 0.140. The molecule has 1 aliphatic rings. The highest BCUT2D eigenvalue weighted by molar-refractivity contribution is 5.29. The Bertz CT molecular complexity index is 451. The van der Waals surface area contributed by atoms with Gasteiger partial charge in [0.2, 0.25) is 0 Å². The van der Waals surface area contributed by atoms with E-state index >= 15 is 0 Å². The first-order valence-corrected chi connectivity index (χ1v) is 6.79. The first kappa shape index (κ1) is 14.4. The lowest BCUT2D eigenvalue weighted by Gasteiger charge is -2.30. The van der Waals surface area contributed by atoms with Gasteiger partial charge in [-0.05, 0) is 38.8 Å². The van der Waals surface area contributed by atoms with Crippen molar-refractivity contribution in [2.24, 2.45) is 0 Å². The molecule has 2 atom stereocenters. The number of nitrogens with one attached hydrogen (secondary N) is 1. The zero-order valence-electron chi connectivity index (χ0n) is 11.4. The van der Waals surface area contributed by atoms with Crippen LogP contribution in [0.4, 0.5) is 13.2 Å². The van der Waals surface area contributed by atoms with Crippen molar-refractivity contribution in [2.45, 2.75) is 51.2 Å². The minimum Gasteiger partial charge on any atom is -0.314 e. The molecule has 1 heterocycles. The monoisotopic (exact) mass is 271 g/mol. The molecule has 2 rings (SSSR count). The molecule has 1 nitrogen and oxygen atoms in total. The molecule has 4 heteroatoms. The SMILES string of the molecule is Cc1ccc(C(C)(F)CC2CCCCN2)c(F)c1F. The summed E-state index contributed by atoms with van der Waals surface area (Å²) >= 11 is 0. The molecular weight excluding hydrogens is 251 g/mol. The Morgan fingerprint density at radius 1 is 1.26 bits per heavy atom. The Kier molecular flexibility index (Phi) is 4.19. The van der Waals surface area contributed by atoms with Gasteiger partial charge in [-0.2, -0.15) is 0 Å². The summed E-state index contributed by atoms with van der Waals surface area (Å²) < 4.78 is 42.2. The highest BCUT2D eigenvalue weighted by atomic mass is 19.2. The molecule has 1 aliphatic heterocycles. The van der Waals surface area contributed by atoms with E-state index in [0.29, 0.717) is 0 Å². The average Bonchev–Trinajstić information content (AvgIpc) is 2.36. The summed E-state index contributed by atoms with van der Waals surface area (Å²) in [6, 6.07) is 2.82. The number of benzene rings is 1. The smallest absolute Gasteiger partial charge is 0.165 e. The molecule has 0 amide bonds. The maximum Gasteiger partial charge on any atom is 0.165 e. The zero-order chi connectivity index (χ0) is 14.0. The summed E-state index contributed by atoms with van der Waals surface area (Å²) in [4.78, 5) is 0. The molecule has 2 unspecified atom stereocenters. The van der Waals surface area contributed by atoms with Gasteiger partial charge in [-0.1, -0.05) is 18.6 Å². The molecule has 1 saturated heterocycles. The summed E-state index contributed by atoms with van der Waals surface area (Å²) in [5, 5.41) is 3.23. The van der Waals surface area contributed by atoms with Crippen molar-refractivity contribution in [3.8, 4) is 0 Å². The minimum atomic E-state index is -1.85. The van der Waals surface area contributed by atoms with Gasteiger partial charge in [0.25, 0.3) is 0 Å². The highest BCUT2D eigenvalue weighted by Crippen LogP contribution is 2.35. The predicted molar refractivity (Wildman–Crippen MR) is 69.8 cm³/mol. The van der Waals surface area contributed by atoms with E-state index in [2.05, 4.69) is 5.32 Å². The Labute approximate surface area is 112 Å². The first-order chi connectivity index (χ1) is 8.92. The topological polar surface area (TPSA) is 12.0 Å². The van der Waals surface area contributed by atoms with Crippen LogP contribution in [0.2, 0.25) is 0 Å². The molecule has 0 radical (unpaired) electrons. The van der Waals surface area contributed by atoms with E-state index in [0.717, 1.165) is 25.8 Å². The third kappa shape index (κ3) is 3.11. The summed E-state index contributed by atoms with van der Waals surface area (Å²) in [6.45, 7) is 3.67. The Balaban J connectivity index is 2.21. The van der Waals surface area contributed by atoms with Crippen LogP contribution < -0.4 is 5.32 Å². The molecule has 1 N–H and O–H groups in total. The number of halogens is 3. The van der Waals surface area contributed by atoms with Gasteiger partial charge in [0.05, 0.1) is 0 Å². The third-order valence-corrected chi connectivity index (χ3v) is 3.88. The van der Waals surface area contributed by atoms with Gasteiger partial charge in [-0.25, -0.2) is 13.2 Å². The van der Waals surface area contributed by atoms with E-state index < -0.39 is 17.3 Å². The van der Waals surface area contributed by atoms with E-state index in [1.165, 1.54) is 26.0 Å². The van der Waals surface area contributed by atoms with E-state index in [1.807, 2.05) is 0 Å². The summed E-state index contributed by atoms with van der Waals surface area (Å²) in [7, 11) is 0. The van der Waals surface area contributed by atoms with E-state index in [1.54, 1.807) is 0 Å². The largest absolute Gasteiger partial charge is 0.314 e. The fraction of sp³-hybridized carbons (Fsp3) is 0.600. The third-order valence-electron chi connectivity index (χ3n) is 3.88. The molecule has 19 heavy (non-hydrogen) atoms. The van der Waals surface area contributed by atoms with Crippen molar-refractivity contribution in [1.82, 2.24) is 5.32 Å². The van der Waals surface area contributed by atoms with Gasteiger partial charge >= 0.3 is 0 Å². The van der Waals surface area contributed by atoms with Crippen LogP contribution in [0.25, 0.3) is 0 Å². The Morgan fingerprint density at radius 3 is 2.63 bits per heavy atom. The molecule has 0 spiro atoms. The highest BCUT2D eigenvalue weighted by Gasteiger charge is 2.34. The van der Waals surface area contributed by atoms with Crippen LogP contribution in [0, 0.1) is 18.6 Å². The number of hydrogen-bond donors (Lipinski definition) is 1. The maximum atomic E-state index is 14.7. The van der Waals surface area contributed by atoms with Crippen LogP contribution in [0.1, 0.15) is 43.7 Å². The van der Waals surface area contributed by atoms with Crippen molar-refractivity contribution >= 4 is 0 Å². The Hall–Kier alpha value is -1.03. The van der Waals surface area contributed by atoms with Crippen LogP contribution in [0.3, 0.4) is 0 Å². The lowest BCUT2D eigenvalue weighted by Crippen LogP contribution is -2.38. The normalized spacial score (nSPS) is 23.1. The fourth-order valence-electron chi connectivity index (χ4n) is 2.72. The maximum absolute atomic E-state index is 14.7. The van der Waals surface area contributed by atoms with Crippen LogP contribution in [-0.2, 0) is 5.67 Å². The predicted octanol–water partition coefficient (Wildman–Crippen LogP) is 3.99. The zero-order valence-corrected chi connectivity index (χ0v) is 11.4. The van der Waals surface area contributed by atoms with Gasteiger partial charge in [-0.3, -0.25) is 0 Å². The molecule has 106 valence electrons. The van der Waals surface area contributed by atoms with Crippen LogP contribution in [-0.4, -0.2) is 12.6 Å². The minimum absolute atomic E-state index is 0.0347. The summed E-state index contributed by atoms with van der Waals surface area (Å²) in [6.07, 6.45) is 3.20. The molecule has 0 aliphatic carbocycles. The standard InChI is InChI=1S/C15H20F3N/c1-10-6-7-12(14(17)13(10)16)15(2,18)9-11-5-3-4-8-19-11/h6-7,11,19H,3-5,8-9H2,1-2H3. The Morgan fingerprint density at radius 2 is 2.00 bits per heavy atom. The van der Waals surface area contributed by atoms with Gasteiger partial charge in [0.1, 0.15) is 5.67 Å². The van der Waals surface area contributed by atoms with E-state index in [-0.39, 0.29) is 23.6 Å². The molecule has 1 aromatic carbocycles. The fourth-order valence-corrected chi connectivity index (χ4v) is 2.72. The van der Waals surface area contributed by atoms with Gasteiger partial charge in [-0.15, -0.1) is 0 Å². The second-order valence-electron chi connectivity index (χ2n) is 5.61. The summed E-state index contributed by atoms with van der Waals surface area (Å²) in [5.41, 5.74) is -1.83. The van der Waals surface area contributed by atoms with Crippen LogP contribution in [0.15, 0.2) is 12.1 Å². The van der Waals surface area contributed by atoms with E-state index in [4.69, 9.17) is 0 Å². The van der Waals surface area contributed by atoms with Gasteiger partial charge in [0.15, 0.2) is 11.6 Å². The molecular formula is C15H20F3N. The number of alkyl halides is 1. The molecule has 1 aromatic rings. The van der Waals surface area contributed by atoms with Crippen molar-refractivity contribution in [3.63, 3.8) is 0 Å². The second kappa shape index (κ2) is 5.53. The lowest BCUT2D eigenvalue weighted by atomic mass is 9.87. The van der Waals surface area contributed by atoms with Crippen molar-refractivity contribution in [2.75, 3.05) is 6.54 Å². The quantitative estimate of drug-likeness (QED) is 0.876. The number of piperidine rings is 1. The van der Waals surface area contributed by atoms with Crippen LogP contribution in [0.5, 0.6) is 0 Å². The van der Waals surface area contributed by atoms with Crippen molar-refractivity contribution < 1.29 is 13.2 Å². The first-order valence-electron chi connectivity index (χ1n) is 6.79. The molecule has 1 fully saturated rings. The molecule has 0 saturated carbocycles. The molecule has 0 aromatic heterocycles. The summed E-state index contributed by atoms with van der Waals surface area (Å²) in [5.74, 6) is -2.00. The number of hydrogen-bond acceptors (Lipinski definition) is 1. The van der Waals surface area contributed by atoms with Crippen LogP contribution >= 0.6 is 0 Å². The van der Waals surface area contributed by atoms with Gasteiger partial charge in [0, 0.05) is 18.0 Å². The van der Waals surface area contributed by atoms with Crippen molar-refractivity contribution in [1.29, 1.82) is 0 Å².